The number of rotatable bonds is 3. The first-order chi connectivity index (χ1) is 6.95. The van der Waals surface area contributed by atoms with E-state index >= 15 is 0 Å². The van der Waals surface area contributed by atoms with E-state index in [2.05, 4.69) is 4.72 Å². The lowest BCUT2D eigenvalue weighted by Crippen LogP contribution is -2.31. The van der Waals surface area contributed by atoms with Crippen molar-refractivity contribution in [1.82, 2.24) is 4.72 Å². The molecule has 4 nitrogen and oxygen atoms in total. The Labute approximate surface area is 89.6 Å². The quantitative estimate of drug-likeness (QED) is 0.838. The number of nitriles is 1. The van der Waals surface area contributed by atoms with Crippen LogP contribution in [0.3, 0.4) is 0 Å². The SMILES string of the molecule is Cc1ccc(S(=O)(=O)NC(C)C#N)cc1. The van der Waals surface area contributed by atoms with Crippen molar-refractivity contribution in [3.63, 3.8) is 0 Å². The first-order valence-electron chi connectivity index (χ1n) is 4.44. The molecule has 0 amide bonds. The molecule has 0 heterocycles. The van der Waals surface area contributed by atoms with E-state index in [-0.39, 0.29) is 4.90 Å². The second-order valence-electron chi connectivity index (χ2n) is 3.29. The number of aryl methyl sites for hydroxylation is 1. The molecule has 0 bridgehead atoms. The average molecular weight is 224 g/mol. The first-order valence-corrected chi connectivity index (χ1v) is 5.92. The van der Waals surface area contributed by atoms with Gasteiger partial charge in [-0.1, -0.05) is 17.7 Å². The van der Waals surface area contributed by atoms with E-state index in [1.807, 2.05) is 13.0 Å². The molecule has 0 aromatic heterocycles. The molecule has 1 aromatic rings. The highest BCUT2D eigenvalue weighted by molar-refractivity contribution is 7.89. The van der Waals surface area contributed by atoms with Crippen molar-refractivity contribution in [3.8, 4) is 6.07 Å². The lowest BCUT2D eigenvalue weighted by molar-refractivity contribution is 0.577. The summed E-state index contributed by atoms with van der Waals surface area (Å²) < 4.78 is 25.6. The maximum atomic E-state index is 11.7. The molecule has 0 fully saturated rings. The number of nitrogens with one attached hydrogen (secondary N) is 1. The molecule has 0 aliphatic heterocycles. The fourth-order valence-electron chi connectivity index (χ4n) is 1.04. The fraction of sp³-hybridized carbons (Fsp3) is 0.300. The van der Waals surface area contributed by atoms with Gasteiger partial charge in [0.2, 0.25) is 10.0 Å². The van der Waals surface area contributed by atoms with Crippen LogP contribution in [0.4, 0.5) is 0 Å². The monoisotopic (exact) mass is 224 g/mol. The zero-order valence-corrected chi connectivity index (χ0v) is 9.38. The van der Waals surface area contributed by atoms with E-state index in [0.717, 1.165) is 5.56 Å². The normalized spacial score (nSPS) is 13.1. The van der Waals surface area contributed by atoms with E-state index in [9.17, 15) is 8.42 Å². The van der Waals surface area contributed by atoms with Gasteiger partial charge in [-0.15, -0.1) is 0 Å². The number of benzene rings is 1. The van der Waals surface area contributed by atoms with Crippen LogP contribution in [0.2, 0.25) is 0 Å². The van der Waals surface area contributed by atoms with Crippen LogP contribution in [0.5, 0.6) is 0 Å². The molecule has 1 unspecified atom stereocenters. The second-order valence-corrected chi connectivity index (χ2v) is 5.00. The van der Waals surface area contributed by atoms with Crippen LogP contribution >= 0.6 is 0 Å². The zero-order valence-electron chi connectivity index (χ0n) is 8.56. The maximum absolute atomic E-state index is 11.7. The Balaban J connectivity index is 2.98. The summed E-state index contributed by atoms with van der Waals surface area (Å²) >= 11 is 0. The van der Waals surface area contributed by atoms with Gasteiger partial charge in [0.1, 0.15) is 6.04 Å². The molecular formula is C10H12N2O2S. The summed E-state index contributed by atoms with van der Waals surface area (Å²) in [5.41, 5.74) is 0.988. The number of hydrogen-bond donors (Lipinski definition) is 1. The third kappa shape index (κ3) is 3.05. The minimum Gasteiger partial charge on any atom is -0.207 e. The van der Waals surface area contributed by atoms with Crippen molar-refractivity contribution in [2.75, 3.05) is 0 Å². The third-order valence-corrected chi connectivity index (χ3v) is 3.41. The van der Waals surface area contributed by atoms with Crippen LogP contribution in [0.25, 0.3) is 0 Å². The summed E-state index contributed by atoms with van der Waals surface area (Å²) in [5, 5.41) is 8.51. The highest BCUT2D eigenvalue weighted by atomic mass is 32.2. The molecule has 0 aliphatic carbocycles. The molecule has 0 spiro atoms. The molecule has 0 saturated heterocycles. The summed E-state index contributed by atoms with van der Waals surface area (Å²) in [4.78, 5) is 0.176. The predicted molar refractivity (Wildman–Crippen MR) is 56.6 cm³/mol. The van der Waals surface area contributed by atoms with Gasteiger partial charge in [-0.2, -0.15) is 9.98 Å². The Morgan fingerprint density at radius 1 is 1.33 bits per heavy atom. The van der Waals surface area contributed by atoms with Crippen LogP contribution in [-0.2, 0) is 10.0 Å². The summed E-state index contributed by atoms with van der Waals surface area (Å²) in [7, 11) is -3.56. The van der Waals surface area contributed by atoms with Crippen LogP contribution in [0.15, 0.2) is 29.2 Å². The topological polar surface area (TPSA) is 70.0 Å². The number of hydrogen-bond acceptors (Lipinski definition) is 3. The van der Waals surface area contributed by atoms with Crippen molar-refractivity contribution < 1.29 is 8.42 Å². The Morgan fingerprint density at radius 2 is 1.87 bits per heavy atom. The number of sulfonamides is 1. The van der Waals surface area contributed by atoms with Gasteiger partial charge in [0.05, 0.1) is 11.0 Å². The number of nitrogens with zero attached hydrogens (tertiary/aromatic N) is 1. The van der Waals surface area contributed by atoms with Crippen molar-refractivity contribution in [3.05, 3.63) is 29.8 Å². The first kappa shape index (κ1) is 11.7. The van der Waals surface area contributed by atoms with Crippen LogP contribution in [-0.4, -0.2) is 14.5 Å². The Kier molecular flexibility index (Phi) is 3.45. The Bertz CT molecular complexity index is 471. The fourth-order valence-corrected chi connectivity index (χ4v) is 2.19. The summed E-state index contributed by atoms with van der Waals surface area (Å²) in [6.07, 6.45) is 0. The lowest BCUT2D eigenvalue weighted by atomic mass is 10.2. The zero-order chi connectivity index (χ0) is 11.5. The van der Waals surface area contributed by atoms with Crippen LogP contribution in [0.1, 0.15) is 12.5 Å². The van der Waals surface area contributed by atoms with Crippen molar-refractivity contribution in [2.45, 2.75) is 24.8 Å². The van der Waals surface area contributed by atoms with Crippen LogP contribution in [0, 0.1) is 18.3 Å². The van der Waals surface area contributed by atoms with Crippen molar-refractivity contribution >= 4 is 10.0 Å². The molecule has 1 rings (SSSR count). The molecule has 80 valence electrons. The Morgan fingerprint density at radius 3 is 2.33 bits per heavy atom. The summed E-state index contributed by atoms with van der Waals surface area (Å²) in [6, 6.07) is 7.55. The van der Waals surface area contributed by atoms with Gasteiger partial charge in [-0.3, -0.25) is 0 Å². The van der Waals surface area contributed by atoms with Gasteiger partial charge in [-0.05, 0) is 26.0 Å². The Hall–Kier alpha value is -1.38. The maximum Gasteiger partial charge on any atom is 0.241 e. The third-order valence-electron chi connectivity index (χ3n) is 1.86. The van der Waals surface area contributed by atoms with E-state index in [1.54, 1.807) is 12.1 Å². The van der Waals surface area contributed by atoms with E-state index in [1.165, 1.54) is 19.1 Å². The molecule has 5 heteroatoms. The average Bonchev–Trinajstić information content (AvgIpc) is 2.17. The predicted octanol–water partition coefficient (Wildman–Crippen LogP) is 1.19. The van der Waals surface area contributed by atoms with Gasteiger partial charge in [0.25, 0.3) is 0 Å². The standard InChI is InChI=1S/C10H12N2O2S/c1-8-3-5-10(6-4-8)15(13,14)12-9(2)7-11/h3-6,9,12H,1-2H3. The van der Waals surface area contributed by atoms with Gasteiger partial charge in [0, 0.05) is 0 Å². The van der Waals surface area contributed by atoms with E-state index in [0.29, 0.717) is 0 Å². The smallest absolute Gasteiger partial charge is 0.207 e. The van der Waals surface area contributed by atoms with Crippen molar-refractivity contribution in [1.29, 1.82) is 5.26 Å². The highest BCUT2D eigenvalue weighted by Crippen LogP contribution is 2.10. The van der Waals surface area contributed by atoms with Gasteiger partial charge in [-0.25, -0.2) is 8.42 Å². The molecular weight excluding hydrogens is 212 g/mol. The molecule has 1 N–H and O–H groups in total. The highest BCUT2D eigenvalue weighted by Gasteiger charge is 2.16. The molecule has 1 aromatic carbocycles. The second kappa shape index (κ2) is 4.43. The largest absolute Gasteiger partial charge is 0.241 e. The van der Waals surface area contributed by atoms with E-state index < -0.39 is 16.1 Å². The summed E-state index contributed by atoms with van der Waals surface area (Å²) in [5.74, 6) is 0. The van der Waals surface area contributed by atoms with Crippen LogP contribution < -0.4 is 4.72 Å². The van der Waals surface area contributed by atoms with Crippen molar-refractivity contribution in [2.24, 2.45) is 0 Å². The molecule has 1 atom stereocenters. The lowest BCUT2D eigenvalue weighted by Gasteiger charge is -2.07. The van der Waals surface area contributed by atoms with E-state index in [4.69, 9.17) is 5.26 Å². The van der Waals surface area contributed by atoms with Gasteiger partial charge < -0.3 is 0 Å². The molecule has 0 aliphatic rings. The minimum absolute atomic E-state index is 0.176. The summed E-state index contributed by atoms with van der Waals surface area (Å²) in [6.45, 7) is 3.37. The van der Waals surface area contributed by atoms with Gasteiger partial charge >= 0.3 is 0 Å². The van der Waals surface area contributed by atoms with Gasteiger partial charge in [0.15, 0.2) is 0 Å². The molecule has 0 radical (unpaired) electrons. The molecule has 0 saturated carbocycles. The molecule has 15 heavy (non-hydrogen) atoms. The minimum atomic E-state index is -3.56.